The first-order chi connectivity index (χ1) is 13.2. The molecule has 6 heteroatoms. The first-order valence-electron chi connectivity index (χ1n) is 9.12. The molecule has 2 aromatic carbocycles. The predicted octanol–water partition coefficient (Wildman–Crippen LogP) is 3.21. The molecule has 0 saturated carbocycles. The fraction of sp³-hybridized carbons (Fsp3) is 0.381. The summed E-state index contributed by atoms with van der Waals surface area (Å²) < 4.78 is 22.5. The van der Waals surface area contributed by atoms with Gasteiger partial charge in [-0.05, 0) is 37.1 Å². The molecular weight excluding hydrogens is 346 g/mol. The average Bonchev–Trinajstić information content (AvgIpc) is 3.21. The standard InChI is InChI=1S/C21H23NO5/c1-24-14-9-10-15(19(12-14)25-2)16-6-5-11-22(16)21(23)20-13-26-17-7-3-4-8-18(17)27-20/h3-4,7-10,12,16,20H,5-6,11,13H2,1-2H3. The second-order valence-electron chi connectivity index (χ2n) is 6.66. The predicted molar refractivity (Wildman–Crippen MR) is 99.6 cm³/mol. The number of hydrogen-bond acceptors (Lipinski definition) is 5. The largest absolute Gasteiger partial charge is 0.497 e. The van der Waals surface area contributed by atoms with E-state index in [1.54, 1.807) is 14.2 Å². The van der Waals surface area contributed by atoms with Crippen LogP contribution in [0.25, 0.3) is 0 Å². The molecule has 2 aliphatic heterocycles. The lowest BCUT2D eigenvalue weighted by atomic mass is 10.0. The quantitative estimate of drug-likeness (QED) is 0.828. The van der Waals surface area contributed by atoms with E-state index in [9.17, 15) is 4.79 Å². The highest BCUT2D eigenvalue weighted by Crippen LogP contribution is 2.40. The first-order valence-corrected chi connectivity index (χ1v) is 9.12. The lowest BCUT2D eigenvalue weighted by Gasteiger charge is -2.32. The zero-order valence-electron chi connectivity index (χ0n) is 15.5. The van der Waals surface area contributed by atoms with Gasteiger partial charge in [0, 0.05) is 18.2 Å². The van der Waals surface area contributed by atoms with Gasteiger partial charge in [0.05, 0.1) is 20.3 Å². The van der Waals surface area contributed by atoms with Crippen LogP contribution in [0.3, 0.4) is 0 Å². The van der Waals surface area contributed by atoms with Crippen molar-refractivity contribution in [3.8, 4) is 23.0 Å². The smallest absolute Gasteiger partial charge is 0.267 e. The normalized spacial score (nSPS) is 21.0. The Kier molecular flexibility index (Phi) is 4.79. The monoisotopic (exact) mass is 369 g/mol. The molecule has 2 aromatic rings. The third kappa shape index (κ3) is 3.27. The summed E-state index contributed by atoms with van der Waals surface area (Å²) in [5, 5.41) is 0. The molecule has 2 heterocycles. The zero-order chi connectivity index (χ0) is 18.8. The van der Waals surface area contributed by atoms with Gasteiger partial charge in [0.15, 0.2) is 11.5 Å². The van der Waals surface area contributed by atoms with Crippen LogP contribution in [0.15, 0.2) is 42.5 Å². The van der Waals surface area contributed by atoms with Crippen LogP contribution < -0.4 is 18.9 Å². The second kappa shape index (κ2) is 7.39. The molecule has 2 atom stereocenters. The summed E-state index contributed by atoms with van der Waals surface area (Å²) in [5.41, 5.74) is 0.987. The Morgan fingerprint density at radius 1 is 1.11 bits per heavy atom. The van der Waals surface area contributed by atoms with Gasteiger partial charge in [-0.15, -0.1) is 0 Å². The number of ether oxygens (including phenoxy) is 4. The average molecular weight is 369 g/mol. The summed E-state index contributed by atoms with van der Waals surface area (Å²) >= 11 is 0. The number of para-hydroxylation sites is 2. The van der Waals surface area contributed by atoms with Crippen molar-refractivity contribution < 1.29 is 23.7 Å². The lowest BCUT2D eigenvalue weighted by Crippen LogP contribution is -2.46. The van der Waals surface area contributed by atoms with Crippen LogP contribution in [0.5, 0.6) is 23.0 Å². The molecule has 4 rings (SSSR count). The number of carbonyl (C=O) groups is 1. The number of fused-ring (bicyclic) bond motifs is 1. The second-order valence-corrected chi connectivity index (χ2v) is 6.66. The van der Waals surface area contributed by atoms with Crippen molar-refractivity contribution in [2.45, 2.75) is 25.0 Å². The van der Waals surface area contributed by atoms with E-state index in [-0.39, 0.29) is 18.6 Å². The van der Waals surface area contributed by atoms with Gasteiger partial charge in [0.25, 0.3) is 5.91 Å². The molecule has 0 N–H and O–H groups in total. The SMILES string of the molecule is COc1ccc(C2CCCN2C(=O)C2COc3ccccc3O2)c(OC)c1. The molecule has 1 amide bonds. The topological polar surface area (TPSA) is 57.2 Å². The number of hydrogen-bond donors (Lipinski definition) is 0. The molecule has 0 aliphatic carbocycles. The van der Waals surface area contributed by atoms with Gasteiger partial charge in [-0.1, -0.05) is 12.1 Å². The van der Waals surface area contributed by atoms with Crippen molar-refractivity contribution in [2.75, 3.05) is 27.4 Å². The molecule has 6 nitrogen and oxygen atoms in total. The summed E-state index contributed by atoms with van der Waals surface area (Å²) in [6.07, 6.45) is 1.19. The number of likely N-dealkylation sites (tertiary alicyclic amines) is 1. The molecule has 27 heavy (non-hydrogen) atoms. The van der Waals surface area contributed by atoms with E-state index in [2.05, 4.69) is 0 Å². The van der Waals surface area contributed by atoms with Crippen LogP contribution in [-0.2, 0) is 4.79 Å². The molecule has 1 saturated heterocycles. The zero-order valence-corrected chi connectivity index (χ0v) is 15.5. The molecule has 0 radical (unpaired) electrons. The maximum absolute atomic E-state index is 13.2. The van der Waals surface area contributed by atoms with Crippen molar-refractivity contribution in [3.63, 3.8) is 0 Å². The lowest BCUT2D eigenvalue weighted by molar-refractivity contribution is -0.142. The van der Waals surface area contributed by atoms with E-state index < -0.39 is 6.10 Å². The summed E-state index contributed by atoms with van der Waals surface area (Å²) in [4.78, 5) is 15.1. The van der Waals surface area contributed by atoms with Crippen molar-refractivity contribution in [1.82, 2.24) is 4.90 Å². The first kappa shape index (κ1) is 17.5. The highest BCUT2D eigenvalue weighted by atomic mass is 16.6. The van der Waals surface area contributed by atoms with Gasteiger partial charge < -0.3 is 23.8 Å². The summed E-state index contributed by atoms with van der Waals surface area (Å²) in [7, 11) is 3.26. The summed E-state index contributed by atoms with van der Waals surface area (Å²) in [6.45, 7) is 0.916. The number of methoxy groups -OCH3 is 2. The van der Waals surface area contributed by atoms with Crippen molar-refractivity contribution in [1.29, 1.82) is 0 Å². The molecule has 0 aromatic heterocycles. The van der Waals surface area contributed by atoms with Gasteiger partial charge in [-0.2, -0.15) is 0 Å². The number of rotatable bonds is 4. The third-order valence-corrected chi connectivity index (χ3v) is 5.12. The molecule has 0 bridgehead atoms. The van der Waals surface area contributed by atoms with E-state index in [0.717, 1.165) is 29.9 Å². The Labute approximate surface area is 158 Å². The minimum atomic E-state index is -0.634. The fourth-order valence-electron chi connectivity index (χ4n) is 3.77. The van der Waals surface area contributed by atoms with Crippen molar-refractivity contribution >= 4 is 5.91 Å². The van der Waals surface area contributed by atoms with Crippen molar-refractivity contribution in [3.05, 3.63) is 48.0 Å². The van der Waals surface area contributed by atoms with Crippen LogP contribution in [0.2, 0.25) is 0 Å². The Morgan fingerprint density at radius 2 is 1.93 bits per heavy atom. The van der Waals surface area contributed by atoms with E-state index in [4.69, 9.17) is 18.9 Å². The maximum atomic E-state index is 13.2. The Bertz CT molecular complexity index is 837. The Morgan fingerprint density at radius 3 is 2.70 bits per heavy atom. The van der Waals surface area contributed by atoms with Crippen LogP contribution in [-0.4, -0.2) is 44.3 Å². The van der Waals surface area contributed by atoms with Crippen LogP contribution in [0.4, 0.5) is 0 Å². The minimum absolute atomic E-state index is 0.0425. The minimum Gasteiger partial charge on any atom is -0.497 e. The maximum Gasteiger partial charge on any atom is 0.267 e. The Hall–Kier alpha value is -2.89. The van der Waals surface area contributed by atoms with E-state index in [0.29, 0.717) is 18.0 Å². The number of carbonyl (C=O) groups excluding carboxylic acids is 1. The molecular formula is C21H23NO5. The molecule has 0 spiro atoms. The molecule has 2 aliphatic rings. The van der Waals surface area contributed by atoms with Gasteiger partial charge in [0.1, 0.15) is 18.1 Å². The van der Waals surface area contributed by atoms with Gasteiger partial charge in [-0.3, -0.25) is 4.79 Å². The molecule has 142 valence electrons. The van der Waals surface area contributed by atoms with Crippen LogP contribution >= 0.6 is 0 Å². The van der Waals surface area contributed by atoms with Gasteiger partial charge in [-0.25, -0.2) is 0 Å². The number of amides is 1. The highest BCUT2D eigenvalue weighted by Gasteiger charge is 2.38. The van der Waals surface area contributed by atoms with Crippen molar-refractivity contribution in [2.24, 2.45) is 0 Å². The van der Waals surface area contributed by atoms with E-state index in [1.165, 1.54) is 0 Å². The summed E-state index contributed by atoms with van der Waals surface area (Å²) in [6, 6.07) is 13.1. The van der Waals surface area contributed by atoms with Gasteiger partial charge >= 0.3 is 0 Å². The number of nitrogens with zero attached hydrogens (tertiary/aromatic N) is 1. The summed E-state index contributed by atoms with van der Waals surface area (Å²) in [5.74, 6) is 2.69. The molecule has 1 fully saturated rings. The van der Waals surface area contributed by atoms with Crippen LogP contribution in [0.1, 0.15) is 24.4 Å². The van der Waals surface area contributed by atoms with Crippen LogP contribution in [0, 0.1) is 0 Å². The fourth-order valence-corrected chi connectivity index (χ4v) is 3.77. The highest BCUT2D eigenvalue weighted by molar-refractivity contribution is 5.82. The molecule has 2 unspecified atom stereocenters. The number of benzene rings is 2. The third-order valence-electron chi connectivity index (χ3n) is 5.12. The van der Waals surface area contributed by atoms with Gasteiger partial charge in [0.2, 0.25) is 6.10 Å². The van der Waals surface area contributed by atoms with E-state index >= 15 is 0 Å². The Balaban J connectivity index is 1.56. The van der Waals surface area contributed by atoms with E-state index in [1.807, 2.05) is 47.4 Å².